The second kappa shape index (κ2) is 20.0. The predicted octanol–water partition coefficient (Wildman–Crippen LogP) is -8.70. The van der Waals surface area contributed by atoms with Crippen LogP contribution in [0.3, 0.4) is 0 Å². The van der Waals surface area contributed by atoms with Gasteiger partial charge in [-0.3, -0.25) is 19.5 Å². The molecule has 0 aromatic carbocycles. The third kappa shape index (κ3) is 16.2. The van der Waals surface area contributed by atoms with E-state index >= 15 is 0 Å². The van der Waals surface area contributed by atoms with E-state index in [0.29, 0.717) is 6.42 Å². The van der Waals surface area contributed by atoms with Gasteiger partial charge in [0.1, 0.15) is 0 Å². The summed E-state index contributed by atoms with van der Waals surface area (Å²) in [5.74, 6) is -10.3. The van der Waals surface area contributed by atoms with Crippen molar-refractivity contribution in [1.82, 2.24) is 14.7 Å². The number of nitrogens with zero attached hydrogens (tertiary/aromatic N) is 3. The average Bonchev–Trinajstić information content (AvgIpc) is 2.82. The summed E-state index contributed by atoms with van der Waals surface area (Å²) in [4.78, 5) is 70.7. The minimum Gasteiger partial charge on any atom is -0.549 e. The zero-order chi connectivity index (χ0) is 30.4. The van der Waals surface area contributed by atoms with Gasteiger partial charge in [-0.05, 0) is 19.3 Å². The smallest absolute Gasteiger partial charge is 0.549 e. The molecule has 1 saturated carbocycles. The summed E-state index contributed by atoms with van der Waals surface area (Å²) in [6.45, 7) is -5.70. The molecule has 4 atom stereocenters. The fourth-order valence-corrected chi connectivity index (χ4v) is 4.51. The summed E-state index contributed by atoms with van der Waals surface area (Å²) < 4.78 is 11.0. The number of rotatable bonds is 21. The Kier molecular flexibility index (Phi) is 19.0. The second-order valence-electron chi connectivity index (χ2n) is 9.35. The van der Waals surface area contributed by atoms with E-state index < -0.39 is 93.2 Å². The number of aliphatic carboxylic acids is 6. The molecule has 1 aliphatic rings. The van der Waals surface area contributed by atoms with Crippen molar-refractivity contribution in [2.75, 3.05) is 66.1 Å². The maximum atomic E-state index is 11.8. The Hall–Kier alpha value is -2.06. The number of hydrogen-bond donors (Lipinski definition) is 1. The number of hydrogen-bond acceptors (Lipinski definition) is 16. The minimum atomic E-state index is -1.67. The van der Waals surface area contributed by atoms with Gasteiger partial charge >= 0.3 is 45.9 Å². The number of carboxylic acids is 6. The topological polar surface area (TPSA) is 266 Å². The van der Waals surface area contributed by atoms with Gasteiger partial charge in [0.2, 0.25) is 0 Å². The molecule has 1 N–H and O–H groups in total. The normalized spacial score (nSPS) is 19.5. The first-order valence-electron chi connectivity index (χ1n) is 12.3. The molecule has 41 heavy (non-hydrogen) atoms. The van der Waals surface area contributed by atoms with Crippen LogP contribution in [0.15, 0.2) is 0 Å². The molecule has 1 aliphatic carbocycles. The maximum Gasteiger partial charge on any atom is 3.00 e. The van der Waals surface area contributed by atoms with Gasteiger partial charge in [-0.25, -0.2) is 0 Å². The molecule has 2 unspecified atom stereocenters. The Balaban J connectivity index is 0.0000160. The number of carbonyl (C=O) groups is 6. The summed E-state index contributed by atoms with van der Waals surface area (Å²) in [5, 5.41) is 65.6. The van der Waals surface area contributed by atoms with Crippen LogP contribution >= 0.6 is 0 Å². The largest absolute Gasteiger partial charge is 3.00 e. The van der Waals surface area contributed by atoms with Gasteiger partial charge in [0, 0.05) is 65.5 Å². The first-order chi connectivity index (χ1) is 18.7. The van der Waals surface area contributed by atoms with E-state index in [0.717, 1.165) is 14.7 Å². The zero-order valence-corrected chi connectivity index (χ0v) is 24.5. The Labute approximate surface area is 267 Å². The van der Waals surface area contributed by atoms with Gasteiger partial charge < -0.3 is 64.1 Å². The number of methoxy groups -OCH3 is 1. The van der Waals surface area contributed by atoms with Crippen LogP contribution in [0.4, 0.5) is 0 Å². The summed E-state index contributed by atoms with van der Waals surface area (Å²) in [6.07, 6.45) is -0.330. The minimum absolute atomic E-state index is 0. The third-order valence-electron chi connectivity index (χ3n) is 6.33. The molecule has 0 bridgehead atoms. The molecule has 0 aromatic rings. The standard InChI is InChI=1S/C23H37N3O14.Gd/c1-39-15-2-3-17(16(6-15)23(37)38)40-13-14(26(11-21(33)34)12-22(35)36)7-24(8-18(27)28)4-5-25(9-19(29)30)10-20(31)32;/h14-17H,2-13H2,1H3,(H,27,28)(H,29,30)(H,31,32)(H,33,34)(H,35,36)(H,37,38);/q;+3/p-5/t14?,15-,16?,17+;/m1./s1. The van der Waals surface area contributed by atoms with E-state index in [1.165, 1.54) is 7.11 Å². The van der Waals surface area contributed by atoms with Crippen LogP contribution in [0.2, 0.25) is 0 Å². The van der Waals surface area contributed by atoms with Crippen molar-refractivity contribution in [1.29, 1.82) is 0 Å². The van der Waals surface area contributed by atoms with Crippen LogP contribution in [0, 0.1) is 45.9 Å². The molecule has 1 radical (unpaired) electrons. The first kappa shape index (κ1) is 38.9. The van der Waals surface area contributed by atoms with Gasteiger partial charge in [0.15, 0.2) is 0 Å². The van der Waals surface area contributed by atoms with Crippen LogP contribution < -0.4 is 25.5 Å². The summed E-state index contributed by atoms with van der Waals surface area (Å²) in [5.41, 5.74) is 0. The molecule has 1 fully saturated rings. The zero-order valence-electron chi connectivity index (χ0n) is 22.2. The molecule has 0 spiro atoms. The van der Waals surface area contributed by atoms with E-state index in [2.05, 4.69) is 0 Å². The third-order valence-corrected chi connectivity index (χ3v) is 6.33. The van der Waals surface area contributed by atoms with Gasteiger partial charge in [0.25, 0.3) is 0 Å². The maximum absolute atomic E-state index is 11.8. The van der Waals surface area contributed by atoms with Crippen molar-refractivity contribution in [3.8, 4) is 0 Å². The van der Waals surface area contributed by atoms with Crippen LogP contribution in [-0.2, 0) is 38.2 Å². The first-order valence-corrected chi connectivity index (χ1v) is 12.3. The molecule has 0 amide bonds. The van der Waals surface area contributed by atoms with Crippen molar-refractivity contribution in [2.24, 2.45) is 5.92 Å². The van der Waals surface area contributed by atoms with Crippen LogP contribution in [0.25, 0.3) is 0 Å². The van der Waals surface area contributed by atoms with Gasteiger partial charge in [0.05, 0.1) is 54.6 Å². The van der Waals surface area contributed by atoms with Gasteiger partial charge in [-0.15, -0.1) is 0 Å². The molecule has 1 rings (SSSR count). The van der Waals surface area contributed by atoms with Crippen molar-refractivity contribution in [3.05, 3.63) is 0 Å². The molecule has 0 aliphatic heterocycles. The van der Waals surface area contributed by atoms with Crippen LogP contribution in [-0.4, -0.2) is 140 Å². The number of carbonyl (C=O) groups excluding carboxylic acids is 5. The van der Waals surface area contributed by atoms with Crippen molar-refractivity contribution >= 4 is 35.8 Å². The van der Waals surface area contributed by atoms with Crippen molar-refractivity contribution in [2.45, 2.75) is 37.5 Å². The Morgan fingerprint density at radius 2 is 1.24 bits per heavy atom. The average molecular weight is 732 g/mol. The molecular formula is C23H32GdN3O14-2. The van der Waals surface area contributed by atoms with E-state index in [1.54, 1.807) is 0 Å². The van der Waals surface area contributed by atoms with Crippen LogP contribution in [0.1, 0.15) is 19.3 Å². The molecule has 0 saturated heterocycles. The second-order valence-corrected chi connectivity index (χ2v) is 9.35. The summed E-state index contributed by atoms with van der Waals surface area (Å²) in [6, 6.07) is -1.17. The van der Waals surface area contributed by atoms with Gasteiger partial charge in [-0.2, -0.15) is 0 Å². The predicted molar refractivity (Wildman–Crippen MR) is 119 cm³/mol. The van der Waals surface area contributed by atoms with Gasteiger partial charge in [-0.1, -0.05) is 0 Å². The monoisotopic (exact) mass is 732 g/mol. The molecule has 18 heteroatoms. The SMILES string of the molecule is CO[C@@H]1CC[C@H](OCC(CN(CCN(CC(=O)[O-])CC(=O)[O-])CC(=O)[O-])N(CC(=O)[O-])CC(=O)[O-])C(C(=O)O)C1.[Gd+3]. The molecule has 17 nitrogen and oxygen atoms in total. The van der Waals surface area contributed by atoms with E-state index in [-0.39, 0.29) is 78.5 Å². The Morgan fingerprint density at radius 1 is 0.780 bits per heavy atom. The Bertz CT molecular complexity index is 875. The quantitative estimate of drug-likeness (QED) is 0.115. The Morgan fingerprint density at radius 3 is 1.68 bits per heavy atom. The summed E-state index contributed by atoms with van der Waals surface area (Å²) >= 11 is 0. The molecule has 0 heterocycles. The summed E-state index contributed by atoms with van der Waals surface area (Å²) in [7, 11) is 1.44. The van der Waals surface area contributed by atoms with E-state index in [4.69, 9.17) is 9.47 Å². The van der Waals surface area contributed by atoms with Crippen molar-refractivity contribution < 1.29 is 109 Å². The number of carboxylic acid groups (broad SMARTS) is 6. The fraction of sp³-hybridized carbons (Fsp3) is 0.739. The fourth-order valence-electron chi connectivity index (χ4n) is 4.51. The van der Waals surface area contributed by atoms with Crippen LogP contribution in [0.5, 0.6) is 0 Å². The van der Waals surface area contributed by atoms with E-state index in [9.17, 15) is 59.4 Å². The molecular weight excluding hydrogens is 700 g/mol. The number of ether oxygens (including phenoxy) is 2. The molecule has 233 valence electrons. The molecule has 0 aromatic heterocycles. The van der Waals surface area contributed by atoms with Crippen molar-refractivity contribution in [3.63, 3.8) is 0 Å². The van der Waals surface area contributed by atoms with E-state index in [1.807, 2.05) is 0 Å².